The number of nitrogens with one attached hydrogen (secondary N) is 1. The van der Waals surface area contributed by atoms with E-state index in [1.807, 2.05) is 6.07 Å². The molecule has 0 aliphatic heterocycles. The zero-order chi connectivity index (χ0) is 22.8. The number of hydrogen-bond donors (Lipinski definition) is 1. The molecule has 3 rings (SSSR count). The molecular formula is C20H20F3N3O3S2. The Bertz CT molecular complexity index is 1200. The van der Waals surface area contributed by atoms with Gasteiger partial charge in [-0.2, -0.15) is 13.2 Å². The van der Waals surface area contributed by atoms with E-state index < -0.39 is 21.6 Å². The maximum Gasteiger partial charge on any atom is 0.433 e. The number of thiazole rings is 1. The van der Waals surface area contributed by atoms with Crippen LogP contribution >= 0.6 is 11.3 Å². The van der Waals surface area contributed by atoms with Gasteiger partial charge in [0.15, 0.2) is 16.6 Å². The first-order valence-electron chi connectivity index (χ1n) is 8.87. The van der Waals surface area contributed by atoms with Crippen molar-refractivity contribution in [3.05, 3.63) is 53.2 Å². The van der Waals surface area contributed by atoms with Crippen LogP contribution in [0.1, 0.15) is 18.2 Å². The molecule has 3 aromatic rings. The second kappa shape index (κ2) is 8.75. The molecule has 6 nitrogen and oxygen atoms in total. The molecule has 2 heterocycles. The van der Waals surface area contributed by atoms with Crippen molar-refractivity contribution in [3.8, 4) is 22.8 Å². The molecule has 1 aromatic carbocycles. The van der Waals surface area contributed by atoms with Crippen LogP contribution < -0.4 is 14.2 Å². The predicted molar refractivity (Wildman–Crippen MR) is 117 cm³/mol. The Morgan fingerprint density at radius 1 is 1.13 bits per heavy atom. The number of methoxy groups -OCH3 is 2. The number of halogens is 3. The van der Waals surface area contributed by atoms with E-state index in [1.54, 1.807) is 31.5 Å². The van der Waals surface area contributed by atoms with E-state index >= 15 is 0 Å². The van der Waals surface area contributed by atoms with Crippen molar-refractivity contribution in [1.29, 1.82) is 0 Å². The van der Waals surface area contributed by atoms with Gasteiger partial charge in [-0.15, -0.1) is 11.3 Å². The second-order valence-corrected chi connectivity index (χ2v) is 9.90. The average Bonchev–Trinajstić information content (AvgIpc) is 3.19. The Labute approximate surface area is 182 Å². The molecule has 1 unspecified atom stereocenters. The minimum Gasteiger partial charge on any atom is -0.493 e. The maximum atomic E-state index is 13.2. The highest BCUT2D eigenvalue weighted by Gasteiger charge is 2.32. The lowest BCUT2D eigenvalue weighted by atomic mass is 10.1. The van der Waals surface area contributed by atoms with Crippen LogP contribution in [0.15, 0.2) is 41.9 Å². The van der Waals surface area contributed by atoms with Gasteiger partial charge in [-0.25, -0.2) is 9.19 Å². The fourth-order valence-electron chi connectivity index (χ4n) is 2.69. The van der Waals surface area contributed by atoms with Crippen LogP contribution in [0, 0.1) is 0 Å². The molecular weight excluding hydrogens is 451 g/mol. The number of nitrogens with zero attached hydrogens (tertiary/aromatic N) is 2. The number of pyridine rings is 1. The van der Waals surface area contributed by atoms with E-state index in [1.165, 1.54) is 30.8 Å². The fraction of sp³-hybridized carbons (Fsp3) is 0.250. The van der Waals surface area contributed by atoms with E-state index in [9.17, 15) is 17.4 Å². The summed E-state index contributed by atoms with van der Waals surface area (Å²) in [7, 11) is 0.277. The second-order valence-electron chi connectivity index (χ2n) is 6.54. The van der Waals surface area contributed by atoms with Crippen LogP contribution in [-0.4, -0.2) is 39.5 Å². The Morgan fingerprint density at radius 2 is 1.84 bits per heavy atom. The van der Waals surface area contributed by atoms with Crippen molar-refractivity contribution in [2.75, 3.05) is 25.2 Å². The lowest BCUT2D eigenvalue weighted by Crippen LogP contribution is -2.20. The summed E-state index contributed by atoms with van der Waals surface area (Å²) in [5.74, 6) is 1.15. The smallest absolute Gasteiger partial charge is 0.433 e. The van der Waals surface area contributed by atoms with Crippen LogP contribution in [0.5, 0.6) is 11.5 Å². The Kier molecular flexibility index (Phi) is 6.46. The summed E-state index contributed by atoms with van der Waals surface area (Å²) in [6.07, 6.45) is -1.99. The molecule has 0 saturated carbocycles. The fourth-order valence-corrected chi connectivity index (χ4v) is 5.02. The van der Waals surface area contributed by atoms with E-state index in [-0.39, 0.29) is 0 Å². The quantitative estimate of drug-likeness (QED) is 0.416. The Hall–Kier alpha value is -2.79. The molecule has 1 atom stereocenters. The van der Waals surface area contributed by atoms with E-state index in [2.05, 4.69) is 14.7 Å². The number of alkyl halides is 3. The summed E-state index contributed by atoms with van der Waals surface area (Å²) in [5, 5.41) is 2.21. The van der Waals surface area contributed by atoms with Gasteiger partial charge < -0.3 is 9.47 Å². The van der Waals surface area contributed by atoms with E-state index in [4.69, 9.17) is 9.47 Å². The molecule has 0 aliphatic rings. The van der Waals surface area contributed by atoms with Gasteiger partial charge in [-0.05, 0) is 31.2 Å². The van der Waals surface area contributed by atoms with E-state index in [0.717, 1.165) is 17.8 Å². The first-order valence-corrected chi connectivity index (χ1v) is 11.7. The Morgan fingerprint density at radius 3 is 2.42 bits per heavy atom. The molecule has 0 spiro atoms. The molecule has 31 heavy (non-hydrogen) atoms. The minimum absolute atomic E-state index is 0.352. The summed E-state index contributed by atoms with van der Waals surface area (Å²) >= 11 is 1.26. The van der Waals surface area contributed by atoms with Crippen LogP contribution in [-0.2, 0) is 15.9 Å². The third-order valence-corrected chi connectivity index (χ3v) is 7.38. The van der Waals surface area contributed by atoms with Crippen LogP contribution in [0.25, 0.3) is 11.3 Å². The van der Waals surface area contributed by atoms with Crippen LogP contribution in [0.4, 0.5) is 18.3 Å². The lowest BCUT2D eigenvalue weighted by molar-refractivity contribution is -0.141. The standard InChI is InChI=1S/C20H20F3N3O3S2/c1-12(14-6-8-18(24-10-14)20(21,22)23)31(4,27)26-19-25-15(11-30-19)13-5-7-16(28-2)17(9-13)29-3/h5-11H,1-4H3,(H,25,26,27). The zero-order valence-corrected chi connectivity index (χ0v) is 18.7. The predicted octanol–water partition coefficient (Wildman–Crippen LogP) is 4.72. The highest BCUT2D eigenvalue weighted by atomic mass is 32.2. The number of anilines is 1. The topological polar surface area (TPSA) is 73.3 Å². The van der Waals surface area contributed by atoms with Crippen molar-refractivity contribution >= 4 is 31.0 Å². The van der Waals surface area contributed by atoms with Crippen molar-refractivity contribution in [1.82, 2.24) is 9.97 Å². The van der Waals surface area contributed by atoms with Gasteiger partial charge in [0.2, 0.25) is 0 Å². The van der Waals surface area contributed by atoms with Gasteiger partial charge in [0.1, 0.15) is 5.69 Å². The molecule has 0 radical (unpaired) electrons. The highest BCUT2D eigenvalue weighted by molar-refractivity contribution is 8.03. The van der Waals surface area contributed by atoms with Crippen molar-refractivity contribution in [2.45, 2.75) is 13.1 Å². The lowest BCUT2D eigenvalue weighted by Gasteiger charge is -2.12. The van der Waals surface area contributed by atoms with Gasteiger partial charge in [0.05, 0.1) is 29.6 Å². The van der Waals surface area contributed by atoms with Crippen LogP contribution in [0.3, 0.4) is 0 Å². The number of hydrogen-bond acceptors (Lipinski definition) is 6. The highest BCUT2D eigenvalue weighted by Crippen LogP contribution is 2.33. The third kappa shape index (κ3) is 5.10. The molecule has 0 saturated heterocycles. The summed E-state index contributed by atoms with van der Waals surface area (Å²) in [4.78, 5) is 8.28. The summed E-state index contributed by atoms with van der Waals surface area (Å²) in [6, 6.07) is 7.50. The minimum atomic E-state index is -4.53. The normalized spacial score (nSPS) is 13.4. The number of aromatic nitrogens is 2. The average molecular weight is 472 g/mol. The van der Waals surface area contributed by atoms with Crippen molar-refractivity contribution in [2.24, 2.45) is 0 Å². The molecule has 2 aromatic heterocycles. The van der Waals surface area contributed by atoms with Gasteiger partial charge in [0.25, 0.3) is 0 Å². The molecule has 1 N–H and O–H groups in total. The first kappa shape index (κ1) is 22.9. The first-order chi connectivity index (χ1) is 14.5. The number of ether oxygens (including phenoxy) is 2. The van der Waals surface area contributed by atoms with Gasteiger partial charge in [0, 0.05) is 33.8 Å². The van der Waals surface area contributed by atoms with Crippen molar-refractivity contribution in [3.63, 3.8) is 0 Å². The SMILES string of the molecule is COc1ccc(-c2csc(NS(C)(=O)=C(C)c3ccc(C(F)(F)F)nc3)n2)cc1OC. The molecule has 166 valence electrons. The number of rotatable bonds is 6. The zero-order valence-electron chi connectivity index (χ0n) is 17.1. The van der Waals surface area contributed by atoms with Gasteiger partial charge in [-0.1, -0.05) is 6.07 Å². The molecule has 11 heteroatoms. The summed E-state index contributed by atoms with van der Waals surface area (Å²) < 4.78 is 64.8. The monoisotopic (exact) mass is 471 g/mol. The number of benzene rings is 1. The summed E-state index contributed by atoms with van der Waals surface area (Å²) in [5.41, 5.74) is 0.790. The third-order valence-electron chi connectivity index (χ3n) is 4.51. The molecule has 0 aliphatic carbocycles. The molecule has 0 bridgehead atoms. The van der Waals surface area contributed by atoms with Gasteiger partial charge in [-0.3, -0.25) is 9.71 Å². The molecule has 0 amide bonds. The Balaban J connectivity index is 1.87. The summed E-state index contributed by atoms with van der Waals surface area (Å²) in [6.45, 7) is 1.59. The maximum absolute atomic E-state index is 13.2. The largest absolute Gasteiger partial charge is 0.493 e. The van der Waals surface area contributed by atoms with Gasteiger partial charge >= 0.3 is 6.18 Å². The van der Waals surface area contributed by atoms with Crippen LogP contribution in [0.2, 0.25) is 0 Å². The molecule has 0 fully saturated rings. The van der Waals surface area contributed by atoms with E-state index in [0.29, 0.717) is 32.8 Å². The van der Waals surface area contributed by atoms with Crippen molar-refractivity contribution < 1.29 is 26.9 Å².